The zero-order chi connectivity index (χ0) is 21.4. The number of hydrogen-bond donors (Lipinski definition) is 0. The fourth-order valence-corrected chi connectivity index (χ4v) is 4.27. The van der Waals surface area contributed by atoms with Crippen LogP contribution in [0.1, 0.15) is 35.5 Å². The number of rotatable bonds is 3. The van der Waals surface area contributed by atoms with Gasteiger partial charge in [0.15, 0.2) is 0 Å². The number of ether oxygens (including phenoxy) is 1. The molecule has 0 saturated carbocycles. The third kappa shape index (κ3) is 3.90. The molecule has 156 valence electrons. The maximum absolute atomic E-state index is 13.5. The highest BCUT2D eigenvalue weighted by molar-refractivity contribution is 5.97. The molecule has 1 amide bonds. The summed E-state index contributed by atoms with van der Waals surface area (Å²) in [7, 11) is 0. The van der Waals surface area contributed by atoms with Crippen LogP contribution >= 0.6 is 0 Å². The minimum absolute atomic E-state index is 0.00395. The lowest BCUT2D eigenvalue weighted by Gasteiger charge is -2.35. The quantitative estimate of drug-likeness (QED) is 0.603. The van der Waals surface area contributed by atoms with Crippen LogP contribution in [0.5, 0.6) is 0 Å². The molecule has 2 unspecified atom stereocenters. The fraction of sp³-hybridized carbons (Fsp3) is 0.320. The second-order valence-electron chi connectivity index (χ2n) is 8.18. The molecule has 0 bridgehead atoms. The number of aromatic nitrogens is 1. The van der Waals surface area contributed by atoms with Crippen molar-refractivity contribution in [1.82, 2.24) is 9.47 Å². The molecule has 4 nitrogen and oxygen atoms in total. The number of benzene rings is 2. The number of carbonyl (C=O) groups is 1. The van der Waals surface area contributed by atoms with Crippen molar-refractivity contribution in [3.05, 3.63) is 77.2 Å². The van der Waals surface area contributed by atoms with Crippen LogP contribution in [0.4, 0.5) is 4.39 Å². The van der Waals surface area contributed by atoms with E-state index in [0.29, 0.717) is 18.7 Å². The van der Waals surface area contributed by atoms with Crippen molar-refractivity contribution in [2.24, 2.45) is 0 Å². The second kappa shape index (κ2) is 8.07. The highest BCUT2D eigenvalue weighted by Gasteiger charge is 2.29. The number of aryl methyl sites for hydroxylation is 1. The molecule has 30 heavy (non-hydrogen) atoms. The van der Waals surface area contributed by atoms with E-state index >= 15 is 0 Å². The van der Waals surface area contributed by atoms with E-state index in [9.17, 15) is 9.18 Å². The third-order valence-corrected chi connectivity index (χ3v) is 5.58. The maximum atomic E-state index is 13.5. The Hall–Kier alpha value is -2.92. The highest BCUT2D eigenvalue weighted by atomic mass is 19.1. The Morgan fingerprint density at radius 2 is 1.67 bits per heavy atom. The van der Waals surface area contributed by atoms with Crippen LogP contribution in [0.15, 0.2) is 54.6 Å². The van der Waals surface area contributed by atoms with Gasteiger partial charge >= 0.3 is 0 Å². The minimum atomic E-state index is -0.281. The van der Waals surface area contributed by atoms with Gasteiger partial charge in [-0.2, -0.15) is 0 Å². The largest absolute Gasteiger partial charge is 0.372 e. The summed E-state index contributed by atoms with van der Waals surface area (Å²) in [5, 5.41) is 0. The Kier molecular flexibility index (Phi) is 5.48. The molecule has 0 aliphatic carbocycles. The third-order valence-electron chi connectivity index (χ3n) is 5.58. The van der Waals surface area contributed by atoms with Gasteiger partial charge in [-0.15, -0.1) is 0 Å². The van der Waals surface area contributed by atoms with Crippen molar-refractivity contribution in [3.63, 3.8) is 0 Å². The molecule has 0 N–H and O–H groups in total. The van der Waals surface area contributed by atoms with Crippen LogP contribution < -0.4 is 0 Å². The molecule has 1 aliphatic heterocycles. The molecule has 1 fully saturated rings. The summed E-state index contributed by atoms with van der Waals surface area (Å²) in [6.45, 7) is 9.14. The molecule has 0 spiro atoms. The van der Waals surface area contributed by atoms with E-state index in [1.54, 1.807) is 12.1 Å². The van der Waals surface area contributed by atoms with Crippen LogP contribution in [0.2, 0.25) is 0 Å². The Morgan fingerprint density at radius 3 is 2.30 bits per heavy atom. The van der Waals surface area contributed by atoms with Gasteiger partial charge < -0.3 is 14.2 Å². The lowest BCUT2D eigenvalue weighted by molar-refractivity contribution is -0.0586. The second-order valence-corrected chi connectivity index (χ2v) is 8.18. The molecule has 4 rings (SSSR count). The van der Waals surface area contributed by atoms with Crippen LogP contribution in [-0.2, 0) is 4.74 Å². The molecule has 2 atom stereocenters. The molecular formula is C25H27FN2O2. The number of halogens is 1. The first-order chi connectivity index (χ1) is 14.3. The maximum Gasteiger partial charge on any atom is 0.255 e. The van der Waals surface area contributed by atoms with E-state index in [1.165, 1.54) is 12.1 Å². The van der Waals surface area contributed by atoms with Crippen molar-refractivity contribution < 1.29 is 13.9 Å². The van der Waals surface area contributed by atoms with Crippen molar-refractivity contribution in [1.29, 1.82) is 0 Å². The molecule has 3 aromatic rings. The summed E-state index contributed by atoms with van der Waals surface area (Å²) < 4.78 is 21.4. The Bertz CT molecular complexity index is 1060. The number of nitrogens with zero attached hydrogens (tertiary/aromatic N) is 2. The van der Waals surface area contributed by atoms with E-state index in [2.05, 4.69) is 10.6 Å². The molecule has 1 aliphatic rings. The number of amides is 1. The number of carbonyl (C=O) groups excluding carboxylic acids is 1. The Morgan fingerprint density at radius 1 is 1.00 bits per heavy atom. The van der Waals surface area contributed by atoms with Crippen molar-refractivity contribution in [3.8, 4) is 16.9 Å². The van der Waals surface area contributed by atoms with Gasteiger partial charge in [-0.25, -0.2) is 4.39 Å². The van der Waals surface area contributed by atoms with Gasteiger partial charge in [0.05, 0.1) is 23.5 Å². The Labute approximate surface area is 176 Å². The average Bonchev–Trinajstić information content (AvgIpc) is 3.04. The van der Waals surface area contributed by atoms with Gasteiger partial charge in [-0.3, -0.25) is 4.79 Å². The normalized spacial score (nSPS) is 19.2. The van der Waals surface area contributed by atoms with Crippen LogP contribution in [0.3, 0.4) is 0 Å². The van der Waals surface area contributed by atoms with Crippen LogP contribution in [0.25, 0.3) is 16.9 Å². The monoisotopic (exact) mass is 406 g/mol. The van der Waals surface area contributed by atoms with Crippen molar-refractivity contribution in [2.75, 3.05) is 13.1 Å². The zero-order valence-electron chi connectivity index (χ0n) is 17.9. The Balaban J connectivity index is 1.83. The van der Waals surface area contributed by atoms with Crippen molar-refractivity contribution in [2.45, 2.75) is 39.9 Å². The lowest BCUT2D eigenvalue weighted by Crippen LogP contribution is -2.48. The molecule has 2 heterocycles. The molecule has 0 radical (unpaired) electrons. The average molecular weight is 407 g/mol. The standard InChI is InChI=1S/C25H27FN2O2/c1-16-6-5-7-22(12-16)28-19(4)23(13-24(28)20-8-10-21(26)11-9-20)25(29)27-14-17(2)30-18(3)15-27/h5-13,17-18H,14-15H2,1-4H3. The van der Waals surface area contributed by atoms with Gasteiger partial charge in [0, 0.05) is 24.5 Å². The van der Waals surface area contributed by atoms with Gasteiger partial charge in [-0.05, 0) is 81.3 Å². The molecule has 5 heteroatoms. The molecular weight excluding hydrogens is 379 g/mol. The van der Waals surface area contributed by atoms with Gasteiger partial charge in [-0.1, -0.05) is 12.1 Å². The minimum Gasteiger partial charge on any atom is -0.372 e. The predicted octanol–water partition coefficient (Wildman–Crippen LogP) is 5.15. The first kappa shape index (κ1) is 20.4. The van der Waals surface area contributed by atoms with Gasteiger partial charge in [0.2, 0.25) is 0 Å². The van der Waals surface area contributed by atoms with Crippen LogP contribution in [0, 0.1) is 19.7 Å². The predicted molar refractivity (Wildman–Crippen MR) is 117 cm³/mol. The van der Waals surface area contributed by atoms with E-state index in [-0.39, 0.29) is 23.9 Å². The molecule has 2 aromatic carbocycles. The van der Waals surface area contributed by atoms with Gasteiger partial charge in [0.1, 0.15) is 5.82 Å². The summed E-state index contributed by atoms with van der Waals surface area (Å²) in [6.07, 6.45) is 0.0156. The fourth-order valence-electron chi connectivity index (χ4n) is 4.27. The van der Waals surface area contributed by atoms with E-state index in [0.717, 1.165) is 28.2 Å². The first-order valence-corrected chi connectivity index (χ1v) is 10.3. The SMILES string of the molecule is Cc1cccc(-n2c(-c3ccc(F)cc3)cc(C(=O)N3CC(C)OC(C)C3)c2C)c1. The van der Waals surface area contributed by atoms with Gasteiger partial charge in [0.25, 0.3) is 5.91 Å². The summed E-state index contributed by atoms with van der Waals surface area (Å²) in [4.78, 5) is 15.3. The topological polar surface area (TPSA) is 34.5 Å². The summed E-state index contributed by atoms with van der Waals surface area (Å²) in [5.74, 6) is -0.277. The number of morpholine rings is 1. The van der Waals surface area contributed by atoms with E-state index < -0.39 is 0 Å². The summed E-state index contributed by atoms with van der Waals surface area (Å²) >= 11 is 0. The highest BCUT2D eigenvalue weighted by Crippen LogP contribution is 2.31. The number of hydrogen-bond acceptors (Lipinski definition) is 2. The van der Waals surface area contributed by atoms with Crippen LogP contribution in [-0.4, -0.2) is 40.7 Å². The summed E-state index contributed by atoms with van der Waals surface area (Å²) in [5.41, 5.74) is 5.39. The van der Waals surface area contributed by atoms with E-state index in [4.69, 9.17) is 4.74 Å². The zero-order valence-corrected chi connectivity index (χ0v) is 17.9. The molecule has 1 saturated heterocycles. The smallest absolute Gasteiger partial charge is 0.255 e. The first-order valence-electron chi connectivity index (χ1n) is 10.3. The van der Waals surface area contributed by atoms with Crippen molar-refractivity contribution >= 4 is 5.91 Å². The lowest BCUT2D eigenvalue weighted by atomic mass is 10.1. The molecule has 1 aromatic heterocycles. The van der Waals surface area contributed by atoms with E-state index in [1.807, 2.05) is 56.9 Å². The summed E-state index contributed by atoms with van der Waals surface area (Å²) in [6, 6.07) is 16.5.